The Morgan fingerprint density at radius 1 is 1.17 bits per heavy atom. The van der Waals surface area contributed by atoms with Crippen molar-refractivity contribution in [3.05, 3.63) is 70.0 Å². The molecule has 4 nitrogen and oxygen atoms in total. The van der Waals surface area contributed by atoms with Gasteiger partial charge >= 0.3 is 0 Å². The number of pyridine rings is 1. The third kappa shape index (κ3) is 4.20. The van der Waals surface area contributed by atoms with Gasteiger partial charge in [0.2, 0.25) is 5.91 Å². The fourth-order valence-corrected chi connectivity index (χ4v) is 3.11. The highest BCUT2D eigenvalue weighted by Crippen LogP contribution is 2.21. The van der Waals surface area contributed by atoms with E-state index in [1.54, 1.807) is 23.6 Å². The summed E-state index contributed by atoms with van der Waals surface area (Å²) in [5.74, 6) is 0.503. The number of thiophene rings is 1. The van der Waals surface area contributed by atoms with E-state index in [1.807, 2.05) is 23.6 Å². The fraction of sp³-hybridized carbons (Fsp3) is 0.158. The topological polar surface area (TPSA) is 54.0 Å². The number of hydrogen-bond donors (Lipinski definition) is 2. The Morgan fingerprint density at radius 3 is 2.71 bits per heavy atom. The molecule has 0 fully saturated rings. The largest absolute Gasteiger partial charge is 0.354 e. The number of aryl methyl sites for hydroxylation is 2. The molecule has 3 rings (SSSR count). The lowest BCUT2D eigenvalue weighted by Gasteiger charge is -2.11. The van der Waals surface area contributed by atoms with E-state index in [-0.39, 0.29) is 5.91 Å². The average molecular weight is 337 g/mol. The lowest BCUT2D eigenvalue weighted by Crippen LogP contribution is -2.14. The quantitative estimate of drug-likeness (QED) is 0.710. The first-order chi connectivity index (χ1) is 11.6. The lowest BCUT2D eigenvalue weighted by molar-refractivity contribution is -0.115. The molecule has 0 radical (unpaired) electrons. The SMILES string of the molecule is Cc1ccc(Nc2ccc(NC(=O)Cc3cccs3)nc2)c(C)c1. The minimum absolute atomic E-state index is 0.0555. The molecule has 1 amide bonds. The second-order valence-corrected chi connectivity index (χ2v) is 6.71. The molecule has 5 heteroatoms. The normalized spacial score (nSPS) is 10.4. The van der Waals surface area contributed by atoms with Crippen LogP contribution in [0.2, 0.25) is 0 Å². The van der Waals surface area contributed by atoms with Crippen LogP contribution < -0.4 is 10.6 Å². The minimum Gasteiger partial charge on any atom is -0.354 e. The number of aromatic nitrogens is 1. The van der Waals surface area contributed by atoms with Gasteiger partial charge < -0.3 is 10.6 Å². The molecule has 24 heavy (non-hydrogen) atoms. The summed E-state index contributed by atoms with van der Waals surface area (Å²) in [5.41, 5.74) is 4.36. The third-order valence-corrected chi connectivity index (χ3v) is 4.48. The molecule has 0 aliphatic carbocycles. The second-order valence-electron chi connectivity index (χ2n) is 5.68. The molecular formula is C19H19N3OS. The Hall–Kier alpha value is -2.66. The Bertz CT molecular complexity index is 826. The van der Waals surface area contributed by atoms with Gasteiger partial charge in [0.25, 0.3) is 0 Å². The predicted octanol–water partition coefficient (Wildman–Crippen LogP) is 4.68. The summed E-state index contributed by atoms with van der Waals surface area (Å²) in [4.78, 5) is 17.3. The Kier molecular flexibility index (Phi) is 4.91. The van der Waals surface area contributed by atoms with Gasteiger partial charge in [-0.1, -0.05) is 23.8 Å². The average Bonchev–Trinajstić information content (AvgIpc) is 3.04. The van der Waals surface area contributed by atoms with Crippen LogP contribution in [0.15, 0.2) is 54.0 Å². The summed E-state index contributed by atoms with van der Waals surface area (Å²) in [6.07, 6.45) is 2.10. The summed E-state index contributed by atoms with van der Waals surface area (Å²) < 4.78 is 0. The first-order valence-electron chi connectivity index (χ1n) is 7.73. The van der Waals surface area contributed by atoms with Gasteiger partial charge in [0, 0.05) is 10.6 Å². The van der Waals surface area contributed by atoms with Gasteiger partial charge in [0.05, 0.1) is 18.3 Å². The highest BCUT2D eigenvalue weighted by molar-refractivity contribution is 7.10. The molecule has 0 aliphatic rings. The van der Waals surface area contributed by atoms with E-state index in [4.69, 9.17) is 0 Å². The molecule has 1 aromatic carbocycles. The van der Waals surface area contributed by atoms with Crippen molar-refractivity contribution >= 4 is 34.4 Å². The van der Waals surface area contributed by atoms with E-state index in [0.717, 1.165) is 16.3 Å². The molecule has 2 aromatic heterocycles. The molecule has 2 heterocycles. The van der Waals surface area contributed by atoms with Crippen molar-refractivity contribution in [1.29, 1.82) is 0 Å². The van der Waals surface area contributed by atoms with Crippen molar-refractivity contribution in [2.45, 2.75) is 20.3 Å². The number of hydrogen-bond acceptors (Lipinski definition) is 4. The molecule has 122 valence electrons. The van der Waals surface area contributed by atoms with Gasteiger partial charge in [0.15, 0.2) is 0 Å². The van der Waals surface area contributed by atoms with E-state index >= 15 is 0 Å². The lowest BCUT2D eigenvalue weighted by atomic mass is 10.1. The summed E-state index contributed by atoms with van der Waals surface area (Å²) >= 11 is 1.58. The molecular weight excluding hydrogens is 318 g/mol. The van der Waals surface area contributed by atoms with Gasteiger partial charge in [-0.05, 0) is 49.1 Å². The van der Waals surface area contributed by atoms with Crippen LogP contribution in [-0.4, -0.2) is 10.9 Å². The number of rotatable bonds is 5. The highest BCUT2D eigenvalue weighted by Gasteiger charge is 2.06. The summed E-state index contributed by atoms with van der Waals surface area (Å²) in [6.45, 7) is 4.15. The molecule has 0 bridgehead atoms. The van der Waals surface area contributed by atoms with Crippen molar-refractivity contribution < 1.29 is 4.79 Å². The molecule has 0 unspecified atom stereocenters. The number of nitrogens with one attached hydrogen (secondary N) is 2. The molecule has 0 spiro atoms. The number of nitrogens with zero attached hydrogens (tertiary/aromatic N) is 1. The Balaban J connectivity index is 1.61. The van der Waals surface area contributed by atoms with Crippen LogP contribution in [-0.2, 0) is 11.2 Å². The molecule has 0 saturated carbocycles. The Morgan fingerprint density at radius 2 is 2.04 bits per heavy atom. The minimum atomic E-state index is -0.0555. The van der Waals surface area contributed by atoms with Crippen molar-refractivity contribution in [3.63, 3.8) is 0 Å². The maximum atomic E-state index is 12.0. The number of carbonyl (C=O) groups excluding carboxylic acids is 1. The summed E-state index contributed by atoms with van der Waals surface area (Å²) in [7, 11) is 0. The fourth-order valence-electron chi connectivity index (χ4n) is 2.41. The predicted molar refractivity (Wildman–Crippen MR) is 100 cm³/mol. The van der Waals surface area contributed by atoms with Crippen LogP contribution in [0.4, 0.5) is 17.2 Å². The first kappa shape index (κ1) is 16.2. The standard InChI is InChI=1S/C19H19N3OS/c1-13-5-7-17(14(2)10-13)21-15-6-8-18(20-12-15)22-19(23)11-16-4-3-9-24-16/h3-10,12,21H,11H2,1-2H3,(H,20,22,23). The molecule has 0 saturated heterocycles. The van der Waals surface area contributed by atoms with Crippen LogP contribution in [0.1, 0.15) is 16.0 Å². The van der Waals surface area contributed by atoms with Crippen molar-refractivity contribution in [2.24, 2.45) is 0 Å². The Labute approximate surface area is 145 Å². The first-order valence-corrected chi connectivity index (χ1v) is 8.61. The van der Waals surface area contributed by atoms with Crippen LogP contribution in [0.25, 0.3) is 0 Å². The van der Waals surface area contributed by atoms with E-state index in [2.05, 4.69) is 47.7 Å². The van der Waals surface area contributed by atoms with Crippen LogP contribution >= 0.6 is 11.3 Å². The van der Waals surface area contributed by atoms with E-state index in [9.17, 15) is 4.79 Å². The van der Waals surface area contributed by atoms with E-state index < -0.39 is 0 Å². The molecule has 2 N–H and O–H groups in total. The van der Waals surface area contributed by atoms with Gasteiger partial charge in [-0.25, -0.2) is 4.98 Å². The molecule has 0 aliphatic heterocycles. The zero-order valence-electron chi connectivity index (χ0n) is 13.7. The number of carbonyl (C=O) groups is 1. The van der Waals surface area contributed by atoms with Crippen LogP contribution in [0.5, 0.6) is 0 Å². The highest BCUT2D eigenvalue weighted by atomic mass is 32.1. The number of amides is 1. The molecule has 3 aromatic rings. The maximum absolute atomic E-state index is 12.0. The summed E-state index contributed by atoms with van der Waals surface area (Å²) in [5, 5.41) is 8.13. The van der Waals surface area contributed by atoms with Gasteiger partial charge in [0.1, 0.15) is 5.82 Å². The second kappa shape index (κ2) is 7.27. The van der Waals surface area contributed by atoms with Gasteiger partial charge in [-0.15, -0.1) is 11.3 Å². The summed E-state index contributed by atoms with van der Waals surface area (Å²) in [6, 6.07) is 13.9. The molecule has 0 atom stereocenters. The monoisotopic (exact) mass is 337 g/mol. The van der Waals surface area contributed by atoms with Gasteiger partial charge in [-0.2, -0.15) is 0 Å². The zero-order chi connectivity index (χ0) is 16.9. The van der Waals surface area contributed by atoms with Crippen molar-refractivity contribution in [1.82, 2.24) is 4.98 Å². The van der Waals surface area contributed by atoms with Crippen molar-refractivity contribution in [3.8, 4) is 0 Å². The zero-order valence-corrected chi connectivity index (χ0v) is 14.5. The third-order valence-electron chi connectivity index (χ3n) is 3.61. The number of anilines is 3. The van der Waals surface area contributed by atoms with Crippen molar-refractivity contribution in [2.75, 3.05) is 10.6 Å². The van der Waals surface area contributed by atoms with E-state index in [1.165, 1.54) is 11.1 Å². The van der Waals surface area contributed by atoms with Crippen LogP contribution in [0, 0.1) is 13.8 Å². The van der Waals surface area contributed by atoms with Crippen LogP contribution in [0.3, 0.4) is 0 Å². The smallest absolute Gasteiger partial charge is 0.230 e. The maximum Gasteiger partial charge on any atom is 0.230 e. The number of benzene rings is 1. The van der Waals surface area contributed by atoms with E-state index in [0.29, 0.717) is 12.2 Å². The van der Waals surface area contributed by atoms with Gasteiger partial charge in [-0.3, -0.25) is 4.79 Å².